The maximum absolute atomic E-state index is 10.8. The summed E-state index contributed by atoms with van der Waals surface area (Å²) in [6.45, 7) is 2.47. The minimum atomic E-state index is -0.250. The minimum absolute atomic E-state index is 0.123. The molecule has 0 N–H and O–H groups in total. The fourth-order valence-corrected chi connectivity index (χ4v) is 1.10. The van der Waals surface area contributed by atoms with Gasteiger partial charge in [-0.3, -0.25) is 4.79 Å². The normalized spacial score (nSPS) is 28.8. The van der Waals surface area contributed by atoms with E-state index >= 15 is 0 Å². The Labute approximate surface area is 71.8 Å². The highest BCUT2D eigenvalue weighted by Gasteiger charge is 2.26. The van der Waals surface area contributed by atoms with Crippen molar-refractivity contribution in [2.75, 3.05) is 13.7 Å². The fraction of sp³-hybridized carbons (Fsp3) is 0.875. The van der Waals surface area contributed by atoms with E-state index in [0.717, 1.165) is 6.42 Å². The second kappa shape index (κ2) is 4.42. The van der Waals surface area contributed by atoms with Crippen LogP contribution >= 0.6 is 0 Å². The number of esters is 1. The summed E-state index contributed by atoms with van der Waals surface area (Å²) in [4.78, 5) is 10.8. The van der Waals surface area contributed by atoms with Crippen LogP contribution in [0.15, 0.2) is 0 Å². The lowest BCUT2D eigenvalue weighted by molar-refractivity contribution is -0.143. The number of rotatable bonds is 3. The second-order valence-corrected chi connectivity index (χ2v) is 2.71. The summed E-state index contributed by atoms with van der Waals surface area (Å²) in [5, 5.41) is 0. The molecular weight excluding hydrogens is 160 g/mol. The first-order valence-electron chi connectivity index (χ1n) is 4.10. The van der Waals surface area contributed by atoms with Gasteiger partial charge in [0.2, 0.25) is 0 Å². The Morgan fingerprint density at radius 1 is 1.67 bits per heavy atom. The largest absolute Gasteiger partial charge is 0.469 e. The monoisotopic (exact) mass is 174 g/mol. The molecule has 0 aromatic heterocycles. The highest BCUT2D eigenvalue weighted by atomic mass is 16.7. The maximum atomic E-state index is 10.8. The third-order valence-corrected chi connectivity index (χ3v) is 1.77. The van der Waals surface area contributed by atoms with Gasteiger partial charge in [0, 0.05) is 0 Å². The number of hydrogen-bond acceptors (Lipinski definition) is 4. The van der Waals surface area contributed by atoms with E-state index in [1.54, 1.807) is 0 Å². The van der Waals surface area contributed by atoms with E-state index in [-0.39, 0.29) is 24.8 Å². The number of carbonyl (C=O) groups excluding carboxylic acids is 1. The quantitative estimate of drug-likeness (QED) is 0.591. The summed E-state index contributed by atoms with van der Waals surface area (Å²) in [5.74, 6) is -0.250. The molecule has 2 atom stereocenters. The van der Waals surface area contributed by atoms with Crippen LogP contribution in [0, 0.1) is 0 Å². The first-order chi connectivity index (χ1) is 5.76. The number of carbonyl (C=O) groups is 1. The predicted octanol–water partition coefficient (Wildman–Crippen LogP) is 0.701. The van der Waals surface area contributed by atoms with E-state index in [1.807, 2.05) is 6.92 Å². The van der Waals surface area contributed by atoms with Crippen LogP contribution in [0.25, 0.3) is 0 Å². The average Bonchev–Trinajstić information content (AvgIpc) is 2.52. The Hall–Kier alpha value is -0.610. The standard InChI is InChI=1S/C8H14O4/c1-3-8-11-5-6(12-8)4-7(9)10-2/h6,8H,3-5H2,1-2H3. The van der Waals surface area contributed by atoms with Crippen LogP contribution in [0.2, 0.25) is 0 Å². The molecule has 1 aliphatic rings. The van der Waals surface area contributed by atoms with Crippen molar-refractivity contribution in [3.63, 3.8) is 0 Å². The van der Waals surface area contributed by atoms with Gasteiger partial charge in [0.15, 0.2) is 6.29 Å². The molecule has 1 rings (SSSR count). The van der Waals surface area contributed by atoms with Crippen molar-refractivity contribution in [1.82, 2.24) is 0 Å². The Morgan fingerprint density at radius 3 is 2.92 bits per heavy atom. The Bertz CT molecular complexity index is 157. The zero-order valence-electron chi connectivity index (χ0n) is 7.41. The van der Waals surface area contributed by atoms with Crippen LogP contribution in [0.3, 0.4) is 0 Å². The summed E-state index contributed by atoms with van der Waals surface area (Å²) in [5.41, 5.74) is 0. The molecule has 0 amide bonds. The number of ether oxygens (including phenoxy) is 3. The van der Waals surface area contributed by atoms with Crippen LogP contribution < -0.4 is 0 Å². The van der Waals surface area contributed by atoms with Crippen molar-refractivity contribution in [3.8, 4) is 0 Å². The topological polar surface area (TPSA) is 44.8 Å². The molecule has 1 heterocycles. The third kappa shape index (κ3) is 2.46. The predicted molar refractivity (Wildman–Crippen MR) is 41.5 cm³/mol. The highest BCUT2D eigenvalue weighted by Crippen LogP contribution is 2.16. The first-order valence-corrected chi connectivity index (χ1v) is 4.10. The highest BCUT2D eigenvalue weighted by molar-refractivity contribution is 5.69. The van der Waals surface area contributed by atoms with Crippen molar-refractivity contribution < 1.29 is 19.0 Å². The lowest BCUT2D eigenvalue weighted by Crippen LogP contribution is -2.17. The summed E-state index contributed by atoms with van der Waals surface area (Å²) >= 11 is 0. The van der Waals surface area contributed by atoms with Gasteiger partial charge in [0.25, 0.3) is 0 Å². The smallest absolute Gasteiger partial charge is 0.308 e. The van der Waals surface area contributed by atoms with E-state index in [1.165, 1.54) is 7.11 Å². The molecule has 0 saturated carbocycles. The van der Waals surface area contributed by atoms with Crippen LogP contribution in [0.4, 0.5) is 0 Å². The molecule has 1 aliphatic heterocycles. The molecule has 2 unspecified atom stereocenters. The van der Waals surface area contributed by atoms with Gasteiger partial charge < -0.3 is 14.2 Å². The molecule has 0 aliphatic carbocycles. The number of hydrogen-bond donors (Lipinski definition) is 0. The summed E-state index contributed by atoms with van der Waals surface area (Å²) < 4.78 is 15.1. The molecule has 0 aromatic carbocycles. The second-order valence-electron chi connectivity index (χ2n) is 2.71. The molecule has 1 saturated heterocycles. The zero-order valence-corrected chi connectivity index (χ0v) is 7.41. The zero-order chi connectivity index (χ0) is 8.97. The van der Waals surface area contributed by atoms with Gasteiger partial charge in [-0.25, -0.2) is 0 Å². The van der Waals surface area contributed by atoms with Gasteiger partial charge in [0.1, 0.15) is 0 Å². The van der Waals surface area contributed by atoms with Crippen LogP contribution in [0.5, 0.6) is 0 Å². The molecule has 0 aromatic rings. The lowest BCUT2D eigenvalue weighted by atomic mass is 10.3. The van der Waals surface area contributed by atoms with Gasteiger partial charge in [-0.1, -0.05) is 6.92 Å². The SMILES string of the molecule is CCC1OCC(CC(=O)OC)O1. The third-order valence-electron chi connectivity index (χ3n) is 1.77. The van der Waals surface area contributed by atoms with E-state index in [4.69, 9.17) is 9.47 Å². The van der Waals surface area contributed by atoms with E-state index in [0.29, 0.717) is 6.61 Å². The van der Waals surface area contributed by atoms with Gasteiger partial charge in [-0.05, 0) is 6.42 Å². The molecule has 4 nitrogen and oxygen atoms in total. The van der Waals surface area contributed by atoms with Crippen molar-refractivity contribution in [1.29, 1.82) is 0 Å². The van der Waals surface area contributed by atoms with E-state index in [9.17, 15) is 4.79 Å². The van der Waals surface area contributed by atoms with Gasteiger partial charge in [0.05, 0.1) is 26.2 Å². The number of methoxy groups -OCH3 is 1. The van der Waals surface area contributed by atoms with E-state index in [2.05, 4.69) is 4.74 Å². The van der Waals surface area contributed by atoms with Gasteiger partial charge in [-0.2, -0.15) is 0 Å². The van der Waals surface area contributed by atoms with Crippen LogP contribution in [0.1, 0.15) is 19.8 Å². The lowest BCUT2D eigenvalue weighted by Gasteiger charge is -2.07. The molecule has 4 heteroatoms. The molecule has 12 heavy (non-hydrogen) atoms. The van der Waals surface area contributed by atoms with Crippen LogP contribution in [-0.2, 0) is 19.0 Å². The summed E-state index contributed by atoms with van der Waals surface area (Å²) in [7, 11) is 1.37. The molecule has 70 valence electrons. The minimum Gasteiger partial charge on any atom is -0.469 e. The van der Waals surface area contributed by atoms with Gasteiger partial charge in [-0.15, -0.1) is 0 Å². The Balaban J connectivity index is 2.23. The van der Waals surface area contributed by atoms with Crippen molar-refractivity contribution in [3.05, 3.63) is 0 Å². The Kier molecular flexibility index (Phi) is 3.49. The molecule has 0 bridgehead atoms. The van der Waals surface area contributed by atoms with Gasteiger partial charge >= 0.3 is 5.97 Å². The molecule has 0 spiro atoms. The maximum Gasteiger partial charge on any atom is 0.308 e. The average molecular weight is 174 g/mol. The molecule has 1 fully saturated rings. The van der Waals surface area contributed by atoms with Crippen LogP contribution in [-0.4, -0.2) is 32.1 Å². The van der Waals surface area contributed by atoms with Crippen molar-refractivity contribution >= 4 is 5.97 Å². The van der Waals surface area contributed by atoms with E-state index < -0.39 is 0 Å². The molecule has 0 radical (unpaired) electrons. The summed E-state index contributed by atoms with van der Waals surface area (Å²) in [6, 6.07) is 0. The molecular formula is C8H14O4. The van der Waals surface area contributed by atoms with Crippen molar-refractivity contribution in [2.24, 2.45) is 0 Å². The van der Waals surface area contributed by atoms with Crippen molar-refractivity contribution in [2.45, 2.75) is 32.2 Å². The summed E-state index contributed by atoms with van der Waals surface area (Å²) in [6.07, 6.45) is 0.840. The Morgan fingerprint density at radius 2 is 2.42 bits per heavy atom. The first kappa shape index (κ1) is 9.48. The fourth-order valence-electron chi connectivity index (χ4n) is 1.10.